The molecule has 5 heteroatoms. The van der Waals surface area contributed by atoms with Crippen molar-refractivity contribution in [1.82, 2.24) is 9.88 Å². The van der Waals surface area contributed by atoms with Crippen LogP contribution in [0.5, 0.6) is 5.75 Å². The number of nitrogens with zero attached hydrogens (tertiary/aromatic N) is 2. The van der Waals surface area contributed by atoms with E-state index >= 15 is 0 Å². The third-order valence-corrected chi connectivity index (χ3v) is 3.30. The number of hydrogen-bond donors (Lipinski definition) is 1. The Bertz CT molecular complexity index is 445. The molecule has 0 unspecified atom stereocenters. The summed E-state index contributed by atoms with van der Waals surface area (Å²) in [6.07, 6.45) is 0. The highest BCUT2D eigenvalue weighted by Crippen LogP contribution is 2.22. The predicted octanol–water partition coefficient (Wildman–Crippen LogP) is 2.05. The van der Waals surface area contributed by atoms with E-state index in [0.717, 1.165) is 42.3 Å². The number of hydrogen-bond acceptors (Lipinski definition) is 4. The molecule has 0 spiro atoms. The number of pyridine rings is 1. The first kappa shape index (κ1) is 15.9. The average molecular weight is 281 g/mol. The van der Waals surface area contributed by atoms with E-state index in [-0.39, 0.29) is 0 Å². The van der Waals surface area contributed by atoms with Gasteiger partial charge in [-0.3, -0.25) is 4.98 Å². The van der Waals surface area contributed by atoms with Crippen LogP contribution in [0.25, 0.3) is 0 Å². The number of aromatic nitrogens is 1. The topological polar surface area (TPSA) is 51.4 Å². The Labute approximate surface area is 121 Å². The van der Waals surface area contributed by atoms with Crippen molar-refractivity contribution < 1.29 is 4.74 Å². The lowest BCUT2D eigenvalue weighted by Crippen LogP contribution is -2.28. The molecule has 0 fully saturated rings. The van der Waals surface area contributed by atoms with Crippen LogP contribution in [0.4, 0.5) is 0 Å². The summed E-state index contributed by atoms with van der Waals surface area (Å²) in [6.45, 7) is 11.7. The van der Waals surface area contributed by atoms with Gasteiger partial charge in [0.1, 0.15) is 17.3 Å². The summed E-state index contributed by atoms with van der Waals surface area (Å²) >= 11 is 5.08. The fourth-order valence-electron chi connectivity index (χ4n) is 2.03. The normalized spacial score (nSPS) is 10.8. The first-order valence-corrected chi connectivity index (χ1v) is 7.03. The highest BCUT2D eigenvalue weighted by Gasteiger charge is 2.12. The zero-order valence-corrected chi connectivity index (χ0v) is 13.0. The monoisotopic (exact) mass is 281 g/mol. The molecule has 1 aromatic heterocycles. The van der Waals surface area contributed by atoms with Crippen molar-refractivity contribution in [2.45, 2.75) is 27.7 Å². The molecule has 0 saturated carbocycles. The van der Waals surface area contributed by atoms with Crippen LogP contribution in [0, 0.1) is 13.8 Å². The van der Waals surface area contributed by atoms with Crippen molar-refractivity contribution in [3.63, 3.8) is 0 Å². The van der Waals surface area contributed by atoms with E-state index in [1.807, 2.05) is 19.9 Å². The summed E-state index contributed by atoms with van der Waals surface area (Å²) in [6, 6.07) is 1.89. The standard InChI is InChI=1S/C14H23N3OS/c1-5-17(6-2)7-8-18-12-9-10(3)16-11(4)13(12)14(15)19/h9H,5-8H2,1-4H3,(H2,15,19). The van der Waals surface area contributed by atoms with E-state index in [9.17, 15) is 0 Å². The minimum Gasteiger partial charge on any atom is -0.491 e. The zero-order valence-electron chi connectivity index (χ0n) is 12.2. The van der Waals surface area contributed by atoms with E-state index in [2.05, 4.69) is 23.7 Å². The first-order valence-electron chi connectivity index (χ1n) is 6.62. The van der Waals surface area contributed by atoms with Crippen LogP contribution in [0.2, 0.25) is 0 Å². The molecule has 0 radical (unpaired) electrons. The maximum absolute atomic E-state index is 5.85. The van der Waals surface area contributed by atoms with E-state index < -0.39 is 0 Å². The van der Waals surface area contributed by atoms with E-state index in [4.69, 9.17) is 22.7 Å². The second-order valence-electron chi connectivity index (χ2n) is 4.46. The summed E-state index contributed by atoms with van der Waals surface area (Å²) in [5, 5.41) is 0. The minimum atomic E-state index is 0.336. The van der Waals surface area contributed by atoms with Crippen molar-refractivity contribution in [2.75, 3.05) is 26.2 Å². The Morgan fingerprint density at radius 1 is 1.37 bits per heavy atom. The van der Waals surface area contributed by atoms with Crippen LogP contribution < -0.4 is 10.5 Å². The lowest BCUT2D eigenvalue weighted by atomic mass is 10.1. The van der Waals surface area contributed by atoms with Crippen molar-refractivity contribution in [2.24, 2.45) is 5.73 Å². The molecule has 0 aliphatic rings. The van der Waals surface area contributed by atoms with Crippen molar-refractivity contribution in [3.05, 3.63) is 23.0 Å². The Hall–Kier alpha value is -1.20. The molecule has 0 atom stereocenters. The van der Waals surface area contributed by atoms with Gasteiger partial charge in [0.2, 0.25) is 0 Å². The number of likely N-dealkylation sites (N-methyl/N-ethyl adjacent to an activating group) is 1. The van der Waals surface area contributed by atoms with Crippen LogP contribution in [0.15, 0.2) is 6.07 Å². The van der Waals surface area contributed by atoms with Crippen molar-refractivity contribution in [3.8, 4) is 5.75 Å². The summed E-state index contributed by atoms with van der Waals surface area (Å²) in [7, 11) is 0. The largest absolute Gasteiger partial charge is 0.491 e. The molecule has 0 aliphatic carbocycles. The van der Waals surface area contributed by atoms with Crippen LogP contribution in [-0.4, -0.2) is 41.1 Å². The lowest BCUT2D eigenvalue weighted by Gasteiger charge is -2.19. The Morgan fingerprint density at radius 3 is 2.53 bits per heavy atom. The van der Waals surface area contributed by atoms with Gasteiger partial charge in [0.15, 0.2) is 0 Å². The highest BCUT2D eigenvalue weighted by atomic mass is 32.1. The number of rotatable bonds is 7. The molecule has 0 aromatic carbocycles. The smallest absolute Gasteiger partial charge is 0.133 e. The van der Waals surface area contributed by atoms with Gasteiger partial charge in [0.05, 0.1) is 11.3 Å². The van der Waals surface area contributed by atoms with Gasteiger partial charge in [0.25, 0.3) is 0 Å². The second-order valence-corrected chi connectivity index (χ2v) is 4.90. The summed E-state index contributed by atoms with van der Waals surface area (Å²) < 4.78 is 5.85. The van der Waals surface area contributed by atoms with Crippen LogP contribution in [-0.2, 0) is 0 Å². The molecule has 106 valence electrons. The van der Waals surface area contributed by atoms with Crippen LogP contribution >= 0.6 is 12.2 Å². The number of thiocarbonyl (C=S) groups is 1. The molecule has 0 saturated heterocycles. The molecule has 0 aliphatic heterocycles. The van der Waals surface area contributed by atoms with Gasteiger partial charge in [-0.15, -0.1) is 0 Å². The molecule has 1 heterocycles. The second kappa shape index (κ2) is 7.40. The fourth-order valence-corrected chi connectivity index (χ4v) is 2.28. The maximum atomic E-state index is 5.85. The fraction of sp³-hybridized carbons (Fsp3) is 0.571. The molecule has 1 rings (SSSR count). The minimum absolute atomic E-state index is 0.336. The molecule has 1 aromatic rings. The average Bonchev–Trinajstić information content (AvgIpc) is 2.33. The van der Waals surface area contributed by atoms with Gasteiger partial charge in [-0.2, -0.15) is 0 Å². The lowest BCUT2D eigenvalue weighted by molar-refractivity contribution is 0.222. The van der Waals surface area contributed by atoms with E-state index in [1.165, 1.54) is 0 Å². The molecule has 0 amide bonds. The summed E-state index contributed by atoms with van der Waals surface area (Å²) in [5.41, 5.74) is 8.24. The van der Waals surface area contributed by atoms with E-state index in [0.29, 0.717) is 11.6 Å². The third kappa shape index (κ3) is 4.44. The summed E-state index contributed by atoms with van der Waals surface area (Å²) in [4.78, 5) is 7.02. The Morgan fingerprint density at radius 2 is 2.00 bits per heavy atom. The van der Waals surface area contributed by atoms with Gasteiger partial charge in [-0.1, -0.05) is 26.1 Å². The SMILES string of the molecule is CCN(CC)CCOc1cc(C)nc(C)c1C(N)=S. The van der Waals surface area contributed by atoms with Gasteiger partial charge in [-0.05, 0) is 26.9 Å². The number of ether oxygens (including phenoxy) is 1. The molecule has 2 N–H and O–H groups in total. The third-order valence-electron chi connectivity index (χ3n) is 3.10. The Balaban J connectivity index is 2.80. The quantitative estimate of drug-likeness (QED) is 0.775. The summed E-state index contributed by atoms with van der Waals surface area (Å²) in [5.74, 6) is 0.740. The molecule has 0 bridgehead atoms. The Kier molecular flexibility index (Phi) is 6.18. The van der Waals surface area contributed by atoms with E-state index in [1.54, 1.807) is 0 Å². The molecular formula is C14H23N3OS. The van der Waals surface area contributed by atoms with Gasteiger partial charge in [-0.25, -0.2) is 0 Å². The van der Waals surface area contributed by atoms with Gasteiger partial charge >= 0.3 is 0 Å². The van der Waals surface area contributed by atoms with Gasteiger partial charge < -0.3 is 15.4 Å². The number of nitrogens with two attached hydrogens (primary N) is 1. The first-order chi connectivity index (χ1) is 8.99. The molecular weight excluding hydrogens is 258 g/mol. The van der Waals surface area contributed by atoms with Crippen LogP contribution in [0.3, 0.4) is 0 Å². The molecule has 4 nitrogen and oxygen atoms in total. The predicted molar refractivity (Wildman–Crippen MR) is 82.9 cm³/mol. The number of aryl methyl sites for hydroxylation is 2. The highest BCUT2D eigenvalue weighted by molar-refractivity contribution is 7.80. The molecule has 19 heavy (non-hydrogen) atoms. The zero-order chi connectivity index (χ0) is 14.4. The maximum Gasteiger partial charge on any atom is 0.133 e. The van der Waals surface area contributed by atoms with Crippen molar-refractivity contribution >= 4 is 17.2 Å². The van der Waals surface area contributed by atoms with Crippen molar-refractivity contribution in [1.29, 1.82) is 0 Å². The van der Waals surface area contributed by atoms with Crippen LogP contribution in [0.1, 0.15) is 30.8 Å². The van der Waals surface area contributed by atoms with Gasteiger partial charge in [0, 0.05) is 18.3 Å².